The fourth-order valence-corrected chi connectivity index (χ4v) is 1.20. The van der Waals surface area contributed by atoms with Crippen LogP contribution >= 0.6 is 0 Å². The number of benzene rings is 1. The molecule has 6 nitrogen and oxygen atoms in total. The summed E-state index contributed by atoms with van der Waals surface area (Å²) >= 11 is 0. The van der Waals surface area contributed by atoms with Crippen molar-refractivity contribution in [3.8, 4) is 0 Å². The van der Waals surface area contributed by atoms with Gasteiger partial charge in [0.05, 0.1) is 6.54 Å². The highest BCUT2D eigenvalue weighted by Crippen LogP contribution is 2.00. The Labute approximate surface area is 92.7 Å². The molecule has 0 fully saturated rings. The van der Waals surface area contributed by atoms with E-state index in [-0.39, 0.29) is 5.95 Å². The van der Waals surface area contributed by atoms with Gasteiger partial charge in [0.15, 0.2) is 0 Å². The molecule has 0 spiro atoms. The summed E-state index contributed by atoms with van der Waals surface area (Å²) in [6.45, 7) is 0.601. The van der Waals surface area contributed by atoms with Gasteiger partial charge < -0.3 is 11.2 Å². The van der Waals surface area contributed by atoms with E-state index >= 15 is 0 Å². The van der Waals surface area contributed by atoms with Gasteiger partial charge in [-0.1, -0.05) is 47.6 Å². The van der Waals surface area contributed by atoms with Crippen LogP contribution in [0.15, 0.2) is 36.4 Å². The molecule has 2 aromatic rings. The third kappa shape index (κ3) is 2.57. The van der Waals surface area contributed by atoms with E-state index in [0.717, 1.165) is 5.56 Å². The number of hydrogen-bond donors (Lipinski definition) is 2. The van der Waals surface area contributed by atoms with Crippen molar-refractivity contribution in [2.45, 2.75) is 0 Å². The molecule has 0 aliphatic heterocycles. The minimum Gasteiger partial charge on any atom is -0.365 e. The molecule has 0 amide bonds. The number of tetrazole rings is 1. The number of nitrogens with two attached hydrogens (primary N) is 1. The van der Waals surface area contributed by atoms with Gasteiger partial charge in [-0.2, -0.15) is 0 Å². The lowest BCUT2D eigenvalue weighted by atomic mass is 10.2. The van der Waals surface area contributed by atoms with Crippen LogP contribution < -0.4 is 11.2 Å². The van der Waals surface area contributed by atoms with Crippen LogP contribution in [0, 0.1) is 0 Å². The van der Waals surface area contributed by atoms with Crippen molar-refractivity contribution in [3.63, 3.8) is 0 Å². The Balaban J connectivity index is 1.85. The average molecular weight is 216 g/mol. The molecule has 1 aromatic heterocycles. The molecule has 3 N–H and O–H groups in total. The summed E-state index contributed by atoms with van der Waals surface area (Å²) in [5.41, 5.74) is 9.55. The highest BCUT2D eigenvalue weighted by Gasteiger charge is 1.96. The second-order valence-corrected chi connectivity index (χ2v) is 3.12. The second kappa shape index (κ2) is 4.92. The molecular weight excluding hydrogens is 204 g/mol. The van der Waals surface area contributed by atoms with Crippen molar-refractivity contribution in [3.05, 3.63) is 42.0 Å². The van der Waals surface area contributed by atoms with Crippen LogP contribution in [0.25, 0.3) is 6.08 Å². The van der Waals surface area contributed by atoms with Gasteiger partial charge in [-0.3, -0.25) is 0 Å². The van der Waals surface area contributed by atoms with E-state index in [4.69, 9.17) is 5.73 Å². The Bertz CT molecular complexity index is 461. The maximum atomic E-state index is 5.47. The van der Waals surface area contributed by atoms with E-state index < -0.39 is 0 Å². The summed E-state index contributed by atoms with van der Waals surface area (Å²) in [6.07, 6.45) is 3.98. The SMILES string of the molecule is Nc1nnnn1NCC=Cc1ccccc1. The maximum Gasteiger partial charge on any atom is 0.260 e. The van der Waals surface area contributed by atoms with Gasteiger partial charge in [-0.15, -0.1) is 4.79 Å². The molecule has 0 aliphatic rings. The molecule has 16 heavy (non-hydrogen) atoms. The highest BCUT2D eigenvalue weighted by atomic mass is 15.7. The van der Waals surface area contributed by atoms with Gasteiger partial charge in [-0.05, 0) is 16.0 Å². The average Bonchev–Trinajstić information content (AvgIpc) is 2.72. The molecular formula is C10H12N6. The minimum absolute atomic E-state index is 0.244. The lowest BCUT2D eigenvalue weighted by molar-refractivity contribution is 0.714. The molecule has 1 aromatic carbocycles. The maximum absolute atomic E-state index is 5.47. The fourth-order valence-electron chi connectivity index (χ4n) is 1.20. The molecule has 0 saturated heterocycles. The van der Waals surface area contributed by atoms with Crippen LogP contribution in [0.1, 0.15) is 5.56 Å². The molecule has 0 aliphatic carbocycles. The summed E-state index contributed by atoms with van der Waals surface area (Å²) in [6, 6.07) is 10.0. The molecule has 0 unspecified atom stereocenters. The van der Waals surface area contributed by atoms with E-state index in [0.29, 0.717) is 6.54 Å². The minimum atomic E-state index is 0.244. The number of aromatic nitrogens is 4. The third-order valence-electron chi connectivity index (χ3n) is 1.96. The van der Waals surface area contributed by atoms with Gasteiger partial charge in [0.25, 0.3) is 5.95 Å². The molecule has 6 heteroatoms. The first-order valence-corrected chi connectivity index (χ1v) is 4.85. The molecule has 82 valence electrons. The van der Waals surface area contributed by atoms with Crippen LogP contribution in [0.3, 0.4) is 0 Å². The van der Waals surface area contributed by atoms with Crippen LogP contribution in [-0.4, -0.2) is 26.9 Å². The van der Waals surface area contributed by atoms with E-state index in [1.54, 1.807) is 0 Å². The van der Waals surface area contributed by atoms with Crippen molar-refractivity contribution in [2.24, 2.45) is 0 Å². The first-order valence-electron chi connectivity index (χ1n) is 4.85. The summed E-state index contributed by atoms with van der Waals surface area (Å²) in [5, 5.41) is 10.6. The monoisotopic (exact) mass is 216 g/mol. The number of anilines is 1. The molecule has 0 bridgehead atoms. The second-order valence-electron chi connectivity index (χ2n) is 3.12. The van der Waals surface area contributed by atoms with Crippen molar-refractivity contribution < 1.29 is 0 Å². The Morgan fingerprint density at radius 2 is 2.12 bits per heavy atom. The van der Waals surface area contributed by atoms with Crippen LogP contribution in [0.5, 0.6) is 0 Å². The van der Waals surface area contributed by atoms with Crippen LogP contribution in [0.2, 0.25) is 0 Å². The molecule has 0 saturated carbocycles. The number of nitrogens with one attached hydrogen (secondary N) is 1. The zero-order chi connectivity index (χ0) is 11.2. The Hall–Kier alpha value is -2.37. The summed E-state index contributed by atoms with van der Waals surface area (Å²) in [7, 11) is 0. The van der Waals surface area contributed by atoms with Crippen LogP contribution in [0.4, 0.5) is 5.95 Å². The molecule has 0 atom stereocenters. The van der Waals surface area contributed by atoms with E-state index in [1.165, 1.54) is 4.79 Å². The number of hydrogen-bond acceptors (Lipinski definition) is 5. The van der Waals surface area contributed by atoms with Gasteiger partial charge in [-0.25, -0.2) is 0 Å². The first-order chi connectivity index (χ1) is 7.86. The number of nitrogens with zero attached hydrogens (tertiary/aromatic N) is 4. The van der Waals surface area contributed by atoms with E-state index in [2.05, 4.69) is 21.0 Å². The third-order valence-corrected chi connectivity index (χ3v) is 1.96. The Morgan fingerprint density at radius 3 is 2.81 bits per heavy atom. The number of rotatable bonds is 4. The molecule has 1 heterocycles. The van der Waals surface area contributed by atoms with Gasteiger partial charge in [0, 0.05) is 0 Å². The fraction of sp³-hybridized carbons (Fsp3) is 0.100. The van der Waals surface area contributed by atoms with Crippen molar-refractivity contribution >= 4 is 12.0 Å². The predicted octanol–water partition coefficient (Wildman–Crippen LogP) is 0.512. The Kier molecular flexibility index (Phi) is 3.12. The topological polar surface area (TPSA) is 81.7 Å². The zero-order valence-electron chi connectivity index (χ0n) is 8.61. The van der Waals surface area contributed by atoms with Crippen molar-refractivity contribution in [1.29, 1.82) is 0 Å². The quantitative estimate of drug-likeness (QED) is 0.778. The molecule has 0 radical (unpaired) electrons. The Morgan fingerprint density at radius 1 is 1.31 bits per heavy atom. The summed E-state index contributed by atoms with van der Waals surface area (Å²) < 4.78 is 0. The smallest absolute Gasteiger partial charge is 0.260 e. The van der Waals surface area contributed by atoms with Gasteiger partial charge in [0.2, 0.25) is 0 Å². The summed E-state index contributed by atoms with van der Waals surface area (Å²) in [4.78, 5) is 1.33. The molecule has 2 rings (SSSR count). The van der Waals surface area contributed by atoms with Crippen molar-refractivity contribution in [1.82, 2.24) is 20.3 Å². The number of nitrogen functional groups attached to an aromatic ring is 1. The summed E-state index contributed by atoms with van der Waals surface area (Å²) in [5.74, 6) is 0.244. The van der Waals surface area contributed by atoms with E-state index in [9.17, 15) is 0 Å². The van der Waals surface area contributed by atoms with Gasteiger partial charge in [0.1, 0.15) is 0 Å². The van der Waals surface area contributed by atoms with Crippen LogP contribution in [-0.2, 0) is 0 Å². The lowest BCUT2D eigenvalue weighted by Gasteiger charge is -2.01. The first kappa shape index (κ1) is 10.2. The lowest BCUT2D eigenvalue weighted by Crippen LogP contribution is -2.18. The normalized spacial score (nSPS) is 10.8. The van der Waals surface area contributed by atoms with E-state index in [1.807, 2.05) is 42.5 Å². The standard InChI is InChI=1S/C10H12N6/c11-10-13-14-15-16(10)12-8-4-7-9-5-2-1-3-6-9/h1-7,12H,8H2,(H2,11,13,15). The van der Waals surface area contributed by atoms with Crippen molar-refractivity contribution in [2.75, 3.05) is 17.7 Å². The largest absolute Gasteiger partial charge is 0.365 e. The predicted molar refractivity (Wildman–Crippen MR) is 61.9 cm³/mol. The zero-order valence-corrected chi connectivity index (χ0v) is 8.61. The highest BCUT2D eigenvalue weighted by molar-refractivity contribution is 5.48. The van der Waals surface area contributed by atoms with Gasteiger partial charge >= 0.3 is 0 Å².